The van der Waals surface area contributed by atoms with E-state index in [9.17, 15) is 0 Å². The van der Waals surface area contributed by atoms with Crippen molar-refractivity contribution in [1.29, 1.82) is 0 Å². The number of hydrogen-bond acceptors (Lipinski definition) is 4. The van der Waals surface area contributed by atoms with Gasteiger partial charge in [-0.15, -0.1) is 22.7 Å². The van der Waals surface area contributed by atoms with Crippen molar-refractivity contribution in [2.45, 2.75) is 66.7 Å². The lowest BCUT2D eigenvalue weighted by atomic mass is 10.2. The quantitative estimate of drug-likeness (QED) is 0.281. The maximum Gasteiger partial charge on any atom is 0.139 e. The van der Waals surface area contributed by atoms with Crippen molar-refractivity contribution in [3.05, 3.63) is 59.4 Å². The van der Waals surface area contributed by atoms with Crippen LogP contribution in [0.5, 0.6) is 0 Å². The molecular formula is C24H36N4S2. The van der Waals surface area contributed by atoms with Gasteiger partial charge in [-0.2, -0.15) is 0 Å². The van der Waals surface area contributed by atoms with E-state index in [1.54, 1.807) is 28.9 Å². The molecule has 0 aliphatic carbocycles. The lowest BCUT2D eigenvalue weighted by Gasteiger charge is -1.95. The van der Waals surface area contributed by atoms with Crippen molar-refractivity contribution in [1.82, 2.24) is 19.9 Å². The molecule has 6 heteroatoms. The second-order valence-electron chi connectivity index (χ2n) is 5.93. The number of aryl methyl sites for hydroxylation is 1. The van der Waals surface area contributed by atoms with Gasteiger partial charge in [0.15, 0.2) is 0 Å². The molecule has 4 aromatic rings. The number of hydrogen-bond donors (Lipinski definition) is 2. The summed E-state index contributed by atoms with van der Waals surface area (Å²) in [6.07, 6.45) is 14.0. The standard InChI is InChI=1S/C13H18N2S.C7H6N2S.2C2H6/c1-2-3-4-5-8-13-15-10-12(16-13)11-7-6-9-14-11;1-2-6(8-3-1)7-9-4-5-10-7;2*1-2/h6-7,9-10,14H,2-5,8H2,1H3;1-5,8H;2*1-2H3. The van der Waals surface area contributed by atoms with Crippen LogP contribution < -0.4 is 0 Å². The number of nitrogens with zero attached hydrogens (tertiary/aromatic N) is 2. The highest BCUT2D eigenvalue weighted by molar-refractivity contribution is 7.15. The lowest BCUT2D eigenvalue weighted by molar-refractivity contribution is 0.665. The molecule has 4 nitrogen and oxygen atoms in total. The Kier molecular flexibility index (Phi) is 14.3. The third-order valence-electron chi connectivity index (χ3n) is 3.92. The van der Waals surface area contributed by atoms with Crippen molar-refractivity contribution >= 4 is 22.7 Å². The van der Waals surface area contributed by atoms with Crippen LogP contribution in [-0.4, -0.2) is 19.9 Å². The van der Waals surface area contributed by atoms with Crippen molar-refractivity contribution in [3.63, 3.8) is 0 Å². The first-order valence-corrected chi connectivity index (χ1v) is 12.7. The summed E-state index contributed by atoms with van der Waals surface area (Å²) in [7, 11) is 0. The highest BCUT2D eigenvalue weighted by atomic mass is 32.1. The van der Waals surface area contributed by atoms with Crippen molar-refractivity contribution in [2.24, 2.45) is 0 Å². The second-order valence-corrected chi connectivity index (χ2v) is 7.94. The predicted molar refractivity (Wildman–Crippen MR) is 134 cm³/mol. The van der Waals surface area contributed by atoms with Gasteiger partial charge in [0.1, 0.15) is 5.01 Å². The summed E-state index contributed by atoms with van der Waals surface area (Å²) in [6.45, 7) is 10.2. The first-order chi connectivity index (χ1) is 14.9. The van der Waals surface area contributed by atoms with Gasteiger partial charge in [0.25, 0.3) is 0 Å². The molecule has 0 spiro atoms. The second kappa shape index (κ2) is 16.6. The number of aromatic amines is 2. The van der Waals surface area contributed by atoms with Crippen LogP contribution in [0.4, 0.5) is 0 Å². The third-order valence-corrected chi connectivity index (χ3v) is 5.82. The van der Waals surface area contributed by atoms with Crippen molar-refractivity contribution in [3.8, 4) is 21.3 Å². The fraction of sp³-hybridized carbons (Fsp3) is 0.417. The molecule has 0 atom stereocenters. The molecule has 0 aliphatic heterocycles. The number of nitrogens with one attached hydrogen (secondary N) is 2. The summed E-state index contributed by atoms with van der Waals surface area (Å²) in [5.41, 5.74) is 2.27. The number of H-pyrrole nitrogens is 2. The third kappa shape index (κ3) is 9.09. The molecule has 0 bridgehead atoms. The van der Waals surface area contributed by atoms with Crippen LogP contribution in [0, 0.1) is 0 Å². The zero-order valence-electron chi connectivity index (χ0n) is 18.9. The molecule has 0 unspecified atom stereocenters. The van der Waals surface area contributed by atoms with Crippen molar-refractivity contribution in [2.75, 3.05) is 0 Å². The fourth-order valence-electron chi connectivity index (χ4n) is 2.56. The van der Waals surface area contributed by atoms with Gasteiger partial charge >= 0.3 is 0 Å². The Labute approximate surface area is 189 Å². The fourth-order valence-corrected chi connectivity index (χ4v) is 4.13. The van der Waals surface area contributed by atoms with Gasteiger partial charge < -0.3 is 9.97 Å². The molecule has 0 aliphatic rings. The van der Waals surface area contributed by atoms with E-state index in [4.69, 9.17) is 0 Å². The topological polar surface area (TPSA) is 57.4 Å². The highest BCUT2D eigenvalue weighted by Crippen LogP contribution is 2.25. The molecule has 4 aromatic heterocycles. The Morgan fingerprint density at radius 2 is 1.57 bits per heavy atom. The molecule has 4 heterocycles. The summed E-state index contributed by atoms with van der Waals surface area (Å²) < 4.78 is 0. The molecule has 30 heavy (non-hydrogen) atoms. The van der Waals surface area contributed by atoms with Gasteiger partial charge in [-0.1, -0.05) is 53.9 Å². The summed E-state index contributed by atoms with van der Waals surface area (Å²) in [5.74, 6) is 0. The monoisotopic (exact) mass is 444 g/mol. The SMILES string of the molecule is CC.CC.CCCCCCc1ncc(-c2ccc[nH]2)s1.c1c[nH]c(-c2nccs2)c1. The van der Waals surface area contributed by atoms with E-state index in [0.717, 1.165) is 17.1 Å². The maximum absolute atomic E-state index is 4.47. The van der Waals surface area contributed by atoms with Crippen LogP contribution in [0.25, 0.3) is 21.3 Å². The minimum atomic E-state index is 1.05. The van der Waals surface area contributed by atoms with E-state index in [0.29, 0.717) is 0 Å². The summed E-state index contributed by atoms with van der Waals surface area (Å²) in [4.78, 5) is 16.2. The molecule has 0 amide bonds. The first kappa shape index (κ1) is 25.9. The van der Waals surface area contributed by atoms with E-state index in [1.807, 2.05) is 69.9 Å². The Hall–Kier alpha value is -2.18. The van der Waals surface area contributed by atoms with Gasteiger partial charge in [0.2, 0.25) is 0 Å². The normalized spacial score (nSPS) is 9.50. The molecule has 0 saturated carbocycles. The molecule has 0 saturated heterocycles. The predicted octanol–water partition coefficient (Wildman–Crippen LogP) is 8.45. The van der Waals surface area contributed by atoms with Gasteiger partial charge in [-0.05, 0) is 37.1 Å². The van der Waals surface area contributed by atoms with E-state index in [2.05, 4.69) is 32.9 Å². The van der Waals surface area contributed by atoms with Gasteiger partial charge in [0, 0.05) is 30.2 Å². The Bertz CT molecular complexity index is 800. The van der Waals surface area contributed by atoms with Gasteiger partial charge in [0.05, 0.1) is 21.3 Å². The minimum absolute atomic E-state index is 1.05. The summed E-state index contributed by atoms with van der Waals surface area (Å²) in [6, 6.07) is 8.10. The van der Waals surface area contributed by atoms with E-state index in [1.165, 1.54) is 41.3 Å². The Morgan fingerprint density at radius 3 is 2.13 bits per heavy atom. The molecule has 0 radical (unpaired) electrons. The van der Waals surface area contributed by atoms with Crippen molar-refractivity contribution < 1.29 is 0 Å². The van der Waals surface area contributed by atoms with E-state index < -0.39 is 0 Å². The largest absolute Gasteiger partial charge is 0.360 e. The number of unbranched alkanes of at least 4 members (excludes halogenated alkanes) is 3. The average Bonchev–Trinajstić information content (AvgIpc) is 3.62. The molecular weight excluding hydrogens is 408 g/mol. The summed E-state index contributed by atoms with van der Waals surface area (Å²) >= 11 is 3.44. The highest BCUT2D eigenvalue weighted by Gasteiger charge is 2.04. The first-order valence-electron chi connectivity index (χ1n) is 11.0. The zero-order valence-corrected chi connectivity index (χ0v) is 20.6. The minimum Gasteiger partial charge on any atom is -0.360 e. The van der Waals surface area contributed by atoms with Gasteiger partial charge in [-0.3, -0.25) is 0 Å². The van der Waals surface area contributed by atoms with Crippen LogP contribution in [0.1, 0.15) is 65.3 Å². The van der Waals surface area contributed by atoms with Gasteiger partial charge in [-0.25, -0.2) is 9.97 Å². The zero-order chi connectivity index (χ0) is 22.0. The van der Waals surface area contributed by atoms with Crippen LogP contribution in [0.3, 0.4) is 0 Å². The number of aromatic nitrogens is 4. The number of thiazole rings is 2. The average molecular weight is 445 g/mol. The van der Waals surface area contributed by atoms with Crippen LogP contribution in [0.15, 0.2) is 54.4 Å². The van der Waals surface area contributed by atoms with Crippen LogP contribution in [-0.2, 0) is 6.42 Å². The lowest BCUT2D eigenvalue weighted by Crippen LogP contribution is -1.83. The number of rotatable bonds is 7. The smallest absolute Gasteiger partial charge is 0.139 e. The molecule has 0 aromatic carbocycles. The molecule has 164 valence electrons. The molecule has 0 fully saturated rings. The van der Waals surface area contributed by atoms with E-state index in [-0.39, 0.29) is 0 Å². The van der Waals surface area contributed by atoms with Crippen LogP contribution >= 0.6 is 22.7 Å². The maximum atomic E-state index is 4.47. The van der Waals surface area contributed by atoms with Crippen LogP contribution in [0.2, 0.25) is 0 Å². The summed E-state index contributed by atoms with van der Waals surface area (Å²) in [5, 5.41) is 4.28. The Morgan fingerprint density at radius 1 is 0.867 bits per heavy atom. The van der Waals surface area contributed by atoms with E-state index >= 15 is 0 Å². The Balaban J connectivity index is 0.000000275. The molecule has 2 N–H and O–H groups in total. The molecule has 4 rings (SSSR count).